The van der Waals surface area contributed by atoms with Gasteiger partial charge in [-0.15, -0.1) is 0 Å². The Bertz CT molecular complexity index is 668. The van der Waals surface area contributed by atoms with E-state index in [2.05, 4.69) is 10.3 Å². The summed E-state index contributed by atoms with van der Waals surface area (Å²) in [5.41, 5.74) is 9.41. The summed E-state index contributed by atoms with van der Waals surface area (Å²) in [7, 11) is 0. The van der Waals surface area contributed by atoms with Gasteiger partial charge in [-0.3, -0.25) is 0 Å². The van der Waals surface area contributed by atoms with E-state index in [4.69, 9.17) is 10.3 Å². The Kier molecular flexibility index (Phi) is 2.11. The molecule has 86 valence electrons. The summed E-state index contributed by atoms with van der Waals surface area (Å²) in [5.74, 6) is 0.387. The Morgan fingerprint density at radius 1 is 1.41 bits per heavy atom. The molecule has 0 amide bonds. The number of hydrogen-bond donors (Lipinski definition) is 1. The molecule has 0 spiro atoms. The summed E-state index contributed by atoms with van der Waals surface area (Å²) in [4.78, 5) is 0. The highest BCUT2D eigenvalue weighted by Gasteiger charge is 2.17. The van der Waals surface area contributed by atoms with Gasteiger partial charge < -0.3 is 10.3 Å². The van der Waals surface area contributed by atoms with Gasteiger partial charge in [0, 0.05) is 17.3 Å². The molecule has 0 aliphatic heterocycles. The van der Waals surface area contributed by atoms with E-state index in [1.54, 1.807) is 10.7 Å². The van der Waals surface area contributed by atoms with Gasteiger partial charge in [-0.25, -0.2) is 4.52 Å². The predicted molar refractivity (Wildman–Crippen MR) is 64.5 cm³/mol. The van der Waals surface area contributed by atoms with Gasteiger partial charge in [0.1, 0.15) is 5.69 Å². The summed E-state index contributed by atoms with van der Waals surface area (Å²) in [5, 5.41) is 8.30. The zero-order valence-corrected chi connectivity index (χ0v) is 9.42. The average Bonchev–Trinajstić information content (AvgIpc) is 2.92. The van der Waals surface area contributed by atoms with Crippen LogP contribution in [0.25, 0.3) is 16.8 Å². The number of aromatic nitrogens is 3. The van der Waals surface area contributed by atoms with Crippen LogP contribution in [0.15, 0.2) is 35.1 Å². The maximum Gasteiger partial charge on any atom is 0.225 e. The molecule has 0 radical (unpaired) electrons. The molecular formula is C12H12N4O. The van der Waals surface area contributed by atoms with E-state index in [0.29, 0.717) is 5.88 Å². The van der Waals surface area contributed by atoms with Crippen molar-refractivity contribution in [3.8, 4) is 11.3 Å². The summed E-state index contributed by atoms with van der Waals surface area (Å²) in [6, 6.07) is 5.89. The lowest BCUT2D eigenvalue weighted by Crippen LogP contribution is -1.90. The van der Waals surface area contributed by atoms with Crippen molar-refractivity contribution in [2.45, 2.75) is 13.3 Å². The van der Waals surface area contributed by atoms with E-state index in [1.807, 2.05) is 31.3 Å². The predicted octanol–water partition coefficient (Wildman–Crippen LogP) is 2.13. The Balaban J connectivity index is 2.27. The lowest BCUT2D eigenvalue weighted by Gasteiger charge is -1.97. The van der Waals surface area contributed by atoms with E-state index in [1.165, 1.54) is 0 Å². The molecule has 3 rings (SSSR count). The lowest BCUT2D eigenvalue weighted by atomic mass is 10.1. The zero-order chi connectivity index (χ0) is 11.8. The van der Waals surface area contributed by atoms with E-state index in [-0.39, 0.29) is 0 Å². The van der Waals surface area contributed by atoms with Crippen LogP contribution in [0, 0.1) is 0 Å². The number of nitrogen functional groups attached to an aromatic ring is 1. The third kappa shape index (κ3) is 1.39. The monoisotopic (exact) mass is 228 g/mol. The fourth-order valence-electron chi connectivity index (χ4n) is 1.99. The first kappa shape index (κ1) is 9.89. The number of hydrogen-bond acceptors (Lipinski definition) is 4. The van der Waals surface area contributed by atoms with Crippen LogP contribution in [0.5, 0.6) is 0 Å². The number of anilines is 1. The van der Waals surface area contributed by atoms with E-state index >= 15 is 0 Å². The summed E-state index contributed by atoms with van der Waals surface area (Å²) < 4.78 is 6.86. The van der Waals surface area contributed by atoms with Crippen molar-refractivity contribution in [2.24, 2.45) is 0 Å². The molecule has 0 aliphatic rings. The Morgan fingerprint density at radius 2 is 2.29 bits per heavy atom. The van der Waals surface area contributed by atoms with E-state index in [9.17, 15) is 0 Å². The number of pyridine rings is 1. The molecule has 5 nitrogen and oxygen atoms in total. The molecule has 0 aromatic carbocycles. The molecule has 0 aliphatic carbocycles. The van der Waals surface area contributed by atoms with Gasteiger partial charge in [0.15, 0.2) is 0 Å². The Hall–Kier alpha value is -2.30. The van der Waals surface area contributed by atoms with Crippen LogP contribution in [0.4, 0.5) is 5.88 Å². The molecule has 3 aromatic rings. The van der Waals surface area contributed by atoms with Crippen molar-refractivity contribution in [1.29, 1.82) is 0 Å². The molecule has 17 heavy (non-hydrogen) atoms. The average molecular weight is 228 g/mol. The van der Waals surface area contributed by atoms with Crippen LogP contribution in [0.3, 0.4) is 0 Å². The Morgan fingerprint density at radius 3 is 3.12 bits per heavy atom. The molecular weight excluding hydrogens is 216 g/mol. The smallest absolute Gasteiger partial charge is 0.225 e. The van der Waals surface area contributed by atoms with Crippen LogP contribution in [-0.2, 0) is 6.42 Å². The largest absolute Gasteiger partial charge is 0.367 e. The number of nitrogens with zero attached hydrogens (tertiary/aromatic N) is 3. The first-order valence-electron chi connectivity index (χ1n) is 5.48. The van der Waals surface area contributed by atoms with E-state index in [0.717, 1.165) is 28.8 Å². The first-order valence-corrected chi connectivity index (χ1v) is 5.48. The maximum absolute atomic E-state index is 5.75. The zero-order valence-electron chi connectivity index (χ0n) is 9.42. The fourth-order valence-corrected chi connectivity index (χ4v) is 1.99. The van der Waals surface area contributed by atoms with Crippen molar-refractivity contribution in [2.75, 3.05) is 5.73 Å². The molecule has 0 atom stereocenters. The van der Waals surface area contributed by atoms with Crippen molar-refractivity contribution in [3.05, 3.63) is 36.2 Å². The van der Waals surface area contributed by atoms with Crippen molar-refractivity contribution >= 4 is 11.4 Å². The summed E-state index contributed by atoms with van der Waals surface area (Å²) in [6.45, 7) is 2.03. The first-order chi connectivity index (χ1) is 8.31. The number of rotatable bonds is 2. The minimum Gasteiger partial charge on any atom is -0.367 e. The van der Waals surface area contributed by atoms with Crippen LogP contribution < -0.4 is 5.73 Å². The quantitative estimate of drug-likeness (QED) is 0.729. The molecule has 3 heterocycles. The van der Waals surface area contributed by atoms with Crippen molar-refractivity contribution < 1.29 is 4.52 Å². The fraction of sp³-hybridized carbons (Fsp3) is 0.167. The second kappa shape index (κ2) is 3.62. The van der Waals surface area contributed by atoms with Crippen molar-refractivity contribution in [1.82, 2.24) is 14.8 Å². The Labute approximate surface area is 97.8 Å². The molecule has 0 saturated carbocycles. The van der Waals surface area contributed by atoms with Gasteiger partial charge in [0.25, 0.3) is 0 Å². The minimum absolute atomic E-state index is 0.387. The third-order valence-electron chi connectivity index (χ3n) is 2.85. The second-order valence-corrected chi connectivity index (χ2v) is 3.82. The van der Waals surface area contributed by atoms with Gasteiger partial charge in [-0.2, -0.15) is 5.10 Å². The highest BCUT2D eigenvalue weighted by atomic mass is 16.5. The molecule has 0 bridgehead atoms. The minimum atomic E-state index is 0.387. The SMILES string of the molecule is CCc1c(-c2cnn3ccccc23)noc1N. The van der Waals surface area contributed by atoms with Gasteiger partial charge in [-0.1, -0.05) is 18.1 Å². The second-order valence-electron chi connectivity index (χ2n) is 3.82. The highest BCUT2D eigenvalue weighted by molar-refractivity contribution is 5.80. The lowest BCUT2D eigenvalue weighted by molar-refractivity contribution is 0.438. The number of fused-ring (bicyclic) bond motifs is 1. The molecule has 5 heteroatoms. The highest BCUT2D eigenvalue weighted by Crippen LogP contribution is 2.30. The van der Waals surface area contributed by atoms with Gasteiger partial charge in [0.2, 0.25) is 5.88 Å². The molecule has 0 fully saturated rings. The van der Waals surface area contributed by atoms with E-state index < -0.39 is 0 Å². The molecule has 0 saturated heterocycles. The molecule has 0 unspecified atom stereocenters. The van der Waals surface area contributed by atoms with Crippen LogP contribution in [0.2, 0.25) is 0 Å². The maximum atomic E-state index is 5.75. The number of nitrogens with two attached hydrogens (primary N) is 1. The summed E-state index contributed by atoms with van der Waals surface area (Å²) in [6.07, 6.45) is 4.47. The van der Waals surface area contributed by atoms with Crippen LogP contribution in [0.1, 0.15) is 12.5 Å². The van der Waals surface area contributed by atoms with Crippen LogP contribution in [-0.4, -0.2) is 14.8 Å². The van der Waals surface area contributed by atoms with Crippen LogP contribution >= 0.6 is 0 Å². The van der Waals surface area contributed by atoms with Gasteiger partial charge in [-0.05, 0) is 18.6 Å². The van der Waals surface area contributed by atoms with Gasteiger partial charge >= 0.3 is 0 Å². The van der Waals surface area contributed by atoms with Gasteiger partial charge in [0.05, 0.1) is 11.7 Å². The molecule has 3 aromatic heterocycles. The molecule has 2 N–H and O–H groups in total. The topological polar surface area (TPSA) is 69.3 Å². The van der Waals surface area contributed by atoms with Crippen molar-refractivity contribution in [3.63, 3.8) is 0 Å². The normalized spacial score (nSPS) is 11.1. The summed E-state index contributed by atoms with van der Waals surface area (Å²) >= 11 is 0. The standard InChI is InChI=1S/C12H12N4O/c1-2-8-11(15-17-12(8)13)9-7-14-16-6-4-3-5-10(9)16/h3-7H,2,13H2,1H3. The third-order valence-corrected chi connectivity index (χ3v) is 2.85.